The molecule has 90 valence electrons. The monoisotopic (exact) mass is 248 g/mol. The summed E-state index contributed by atoms with van der Waals surface area (Å²) in [6.45, 7) is 3.25. The predicted molar refractivity (Wildman–Crippen MR) is 72.6 cm³/mol. The third-order valence-corrected chi connectivity index (χ3v) is 3.26. The van der Waals surface area contributed by atoms with Crippen molar-refractivity contribution >= 4 is 12.4 Å². The number of hydrogen-bond acceptors (Lipinski definition) is 1. The van der Waals surface area contributed by atoms with E-state index in [9.17, 15) is 0 Å². The van der Waals surface area contributed by atoms with Gasteiger partial charge in [-0.2, -0.15) is 0 Å². The Balaban J connectivity index is 0.00000108. The van der Waals surface area contributed by atoms with E-state index in [0.29, 0.717) is 0 Å². The van der Waals surface area contributed by atoms with E-state index >= 15 is 0 Å². The molecule has 0 amide bonds. The molecule has 0 unspecified atom stereocenters. The zero-order valence-corrected chi connectivity index (χ0v) is 10.8. The lowest BCUT2D eigenvalue weighted by atomic mass is 10.1. The second-order valence-corrected chi connectivity index (χ2v) is 4.56. The molecule has 0 bridgehead atoms. The van der Waals surface area contributed by atoms with Crippen LogP contribution in [0.1, 0.15) is 24.2 Å². The van der Waals surface area contributed by atoms with Crippen LogP contribution in [0.5, 0.6) is 0 Å². The summed E-state index contributed by atoms with van der Waals surface area (Å²) >= 11 is 0. The minimum atomic E-state index is 0. The van der Waals surface area contributed by atoms with E-state index in [1.165, 1.54) is 29.8 Å². The molecule has 1 aliphatic heterocycles. The quantitative estimate of drug-likeness (QED) is 0.754. The molecule has 2 heterocycles. The van der Waals surface area contributed by atoms with Crippen molar-refractivity contribution < 1.29 is 0 Å². The molecule has 2 nitrogen and oxygen atoms in total. The highest BCUT2D eigenvalue weighted by Gasteiger charge is 2.12. The van der Waals surface area contributed by atoms with E-state index in [2.05, 4.69) is 42.0 Å². The molecule has 0 saturated heterocycles. The highest BCUT2D eigenvalue weighted by molar-refractivity contribution is 5.85. The van der Waals surface area contributed by atoms with Crippen molar-refractivity contribution in [3.05, 3.63) is 41.9 Å². The largest absolute Gasteiger partial charge is 0.334 e. The third kappa shape index (κ3) is 2.37. The van der Waals surface area contributed by atoms with Gasteiger partial charge in [0.25, 0.3) is 0 Å². The predicted octanol–water partition coefficient (Wildman–Crippen LogP) is 3.62. The van der Waals surface area contributed by atoms with Crippen molar-refractivity contribution in [2.75, 3.05) is 0 Å². The van der Waals surface area contributed by atoms with Gasteiger partial charge in [0.15, 0.2) is 0 Å². The van der Waals surface area contributed by atoms with Gasteiger partial charge in [-0.05, 0) is 19.8 Å². The lowest BCUT2D eigenvalue weighted by Crippen LogP contribution is -2.08. The third-order valence-electron chi connectivity index (χ3n) is 3.26. The topological polar surface area (TPSA) is 17.8 Å². The molecule has 0 saturated carbocycles. The van der Waals surface area contributed by atoms with Gasteiger partial charge in [-0.15, -0.1) is 12.4 Å². The van der Waals surface area contributed by atoms with Crippen molar-refractivity contribution in [1.82, 2.24) is 9.55 Å². The van der Waals surface area contributed by atoms with Crippen LogP contribution in [0.4, 0.5) is 0 Å². The summed E-state index contributed by atoms with van der Waals surface area (Å²) in [5.41, 5.74) is 3.65. The molecule has 1 aromatic carbocycles. The first-order chi connectivity index (χ1) is 7.83. The molecule has 0 radical (unpaired) electrons. The Labute approximate surface area is 108 Å². The van der Waals surface area contributed by atoms with Gasteiger partial charge >= 0.3 is 0 Å². The average molecular weight is 249 g/mol. The number of fused-ring (bicyclic) bond motifs is 1. The zero-order chi connectivity index (χ0) is 11.0. The minimum Gasteiger partial charge on any atom is -0.334 e. The SMILES string of the molecule is Cc1ccc(-c2cn3c(n2)CCCC3)cc1.Cl. The van der Waals surface area contributed by atoms with E-state index in [4.69, 9.17) is 4.98 Å². The van der Waals surface area contributed by atoms with Crippen molar-refractivity contribution in [3.63, 3.8) is 0 Å². The van der Waals surface area contributed by atoms with E-state index < -0.39 is 0 Å². The number of rotatable bonds is 1. The van der Waals surface area contributed by atoms with Gasteiger partial charge in [-0.25, -0.2) is 4.98 Å². The second-order valence-electron chi connectivity index (χ2n) is 4.56. The molecule has 17 heavy (non-hydrogen) atoms. The van der Waals surface area contributed by atoms with Crippen LogP contribution in [0.2, 0.25) is 0 Å². The number of nitrogens with zero attached hydrogens (tertiary/aromatic N) is 2. The molecular weight excluding hydrogens is 232 g/mol. The van der Waals surface area contributed by atoms with Gasteiger partial charge in [0.2, 0.25) is 0 Å². The summed E-state index contributed by atoms with van der Waals surface area (Å²) in [5, 5.41) is 0. The van der Waals surface area contributed by atoms with Crippen LogP contribution in [0.3, 0.4) is 0 Å². The Morgan fingerprint density at radius 3 is 2.59 bits per heavy atom. The highest BCUT2D eigenvalue weighted by atomic mass is 35.5. The smallest absolute Gasteiger partial charge is 0.109 e. The lowest BCUT2D eigenvalue weighted by molar-refractivity contribution is 0.522. The van der Waals surface area contributed by atoms with E-state index in [1.807, 2.05) is 0 Å². The number of aromatic nitrogens is 2. The molecule has 0 N–H and O–H groups in total. The maximum atomic E-state index is 4.71. The van der Waals surface area contributed by atoms with Gasteiger partial charge < -0.3 is 4.57 Å². The molecule has 1 aromatic heterocycles. The Bertz CT molecular complexity index is 476. The fourth-order valence-corrected chi connectivity index (χ4v) is 2.28. The average Bonchev–Trinajstić information content (AvgIpc) is 2.73. The number of aryl methyl sites for hydroxylation is 3. The number of imidazole rings is 1. The Hall–Kier alpha value is -1.28. The summed E-state index contributed by atoms with van der Waals surface area (Å²) in [6, 6.07) is 8.61. The van der Waals surface area contributed by atoms with E-state index in [-0.39, 0.29) is 12.4 Å². The van der Waals surface area contributed by atoms with Crippen molar-refractivity contribution in [2.24, 2.45) is 0 Å². The van der Waals surface area contributed by atoms with Crippen LogP contribution >= 0.6 is 12.4 Å². The van der Waals surface area contributed by atoms with E-state index in [0.717, 1.165) is 18.7 Å². The molecule has 0 atom stereocenters. The molecule has 0 spiro atoms. The summed E-state index contributed by atoms with van der Waals surface area (Å²) in [6.07, 6.45) is 5.89. The van der Waals surface area contributed by atoms with Crippen molar-refractivity contribution in [3.8, 4) is 11.3 Å². The Morgan fingerprint density at radius 2 is 1.88 bits per heavy atom. The minimum absolute atomic E-state index is 0. The fraction of sp³-hybridized carbons (Fsp3) is 0.357. The van der Waals surface area contributed by atoms with Gasteiger partial charge in [0, 0.05) is 24.7 Å². The maximum absolute atomic E-state index is 4.71. The molecule has 3 heteroatoms. The normalized spacial score (nSPS) is 13.9. The standard InChI is InChI=1S/C14H16N2.ClH/c1-11-5-7-12(8-6-11)13-10-16-9-3-2-4-14(16)15-13;/h5-8,10H,2-4,9H2,1H3;1H. The fourth-order valence-electron chi connectivity index (χ4n) is 2.28. The van der Waals surface area contributed by atoms with Gasteiger partial charge in [0.1, 0.15) is 5.82 Å². The van der Waals surface area contributed by atoms with Crippen LogP contribution in [0.15, 0.2) is 30.5 Å². The molecule has 1 aliphatic rings. The first-order valence-electron chi connectivity index (χ1n) is 5.96. The van der Waals surface area contributed by atoms with Crippen molar-refractivity contribution in [2.45, 2.75) is 32.7 Å². The van der Waals surface area contributed by atoms with Crippen LogP contribution in [0, 0.1) is 6.92 Å². The van der Waals surface area contributed by atoms with Gasteiger partial charge in [0.05, 0.1) is 5.69 Å². The summed E-state index contributed by atoms with van der Waals surface area (Å²) in [7, 11) is 0. The summed E-state index contributed by atoms with van der Waals surface area (Å²) in [5.74, 6) is 1.25. The van der Waals surface area contributed by atoms with Crippen LogP contribution in [-0.2, 0) is 13.0 Å². The number of hydrogen-bond donors (Lipinski definition) is 0. The first-order valence-corrected chi connectivity index (χ1v) is 5.96. The summed E-state index contributed by atoms with van der Waals surface area (Å²) < 4.78 is 2.30. The lowest BCUT2D eigenvalue weighted by Gasteiger charge is -2.11. The molecule has 3 rings (SSSR count). The number of benzene rings is 1. The van der Waals surface area contributed by atoms with Crippen LogP contribution in [0.25, 0.3) is 11.3 Å². The summed E-state index contributed by atoms with van der Waals surface area (Å²) in [4.78, 5) is 4.71. The van der Waals surface area contributed by atoms with Crippen molar-refractivity contribution in [1.29, 1.82) is 0 Å². The Kier molecular flexibility index (Phi) is 3.53. The highest BCUT2D eigenvalue weighted by Crippen LogP contribution is 2.22. The second kappa shape index (κ2) is 4.92. The molecule has 2 aromatic rings. The van der Waals surface area contributed by atoms with E-state index in [1.54, 1.807) is 0 Å². The van der Waals surface area contributed by atoms with Crippen LogP contribution < -0.4 is 0 Å². The first kappa shape index (κ1) is 12.2. The molecule has 0 fully saturated rings. The van der Waals surface area contributed by atoms with Gasteiger partial charge in [-0.3, -0.25) is 0 Å². The molecule has 0 aliphatic carbocycles. The zero-order valence-electron chi connectivity index (χ0n) is 10.0. The number of halogens is 1. The maximum Gasteiger partial charge on any atom is 0.109 e. The van der Waals surface area contributed by atoms with Crippen LogP contribution in [-0.4, -0.2) is 9.55 Å². The Morgan fingerprint density at radius 1 is 1.12 bits per heavy atom. The van der Waals surface area contributed by atoms with Gasteiger partial charge in [-0.1, -0.05) is 29.8 Å². The molecular formula is C14H17ClN2.